The predicted octanol–water partition coefficient (Wildman–Crippen LogP) is 1.25. The highest BCUT2D eigenvalue weighted by Gasteiger charge is 2.50. The number of Topliss-reactive ketones (excluding diaryl/α,β-unsaturated/α-hetero) is 1. The van der Waals surface area contributed by atoms with Gasteiger partial charge in [-0.15, -0.1) is 11.6 Å². The first-order valence-corrected chi connectivity index (χ1v) is 12.9. The van der Waals surface area contributed by atoms with Gasteiger partial charge in [-0.3, -0.25) is 14.4 Å². The molecule has 6 atom stereocenters. The van der Waals surface area contributed by atoms with Crippen molar-refractivity contribution in [3.8, 4) is 17.2 Å². The number of methoxy groups -OCH3 is 1. The number of hydrogen-bond acceptors (Lipinski definition) is 11. The van der Waals surface area contributed by atoms with Crippen molar-refractivity contribution in [2.45, 2.75) is 62.4 Å². The predicted molar refractivity (Wildman–Crippen MR) is 135 cm³/mol. The number of aliphatic hydroxyl groups is 2. The Labute approximate surface area is 228 Å². The maximum Gasteiger partial charge on any atom is 0.202 e. The molecular weight excluding hydrogens is 534 g/mol. The van der Waals surface area contributed by atoms with Crippen LogP contribution in [0.25, 0.3) is 0 Å². The van der Waals surface area contributed by atoms with Crippen molar-refractivity contribution in [3.63, 3.8) is 0 Å². The number of ketones is 3. The summed E-state index contributed by atoms with van der Waals surface area (Å²) >= 11 is 5.77. The second-order valence-corrected chi connectivity index (χ2v) is 10.4. The fourth-order valence-corrected chi connectivity index (χ4v) is 5.98. The summed E-state index contributed by atoms with van der Waals surface area (Å²) in [7, 11) is 1.33. The van der Waals surface area contributed by atoms with E-state index in [1.165, 1.54) is 25.3 Å². The quantitative estimate of drug-likeness (QED) is 0.223. The number of halogens is 1. The van der Waals surface area contributed by atoms with Crippen LogP contribution >= 0.6 is 11.6 Å². The van der Waals surface area contributed by atoms with Crippen molar-refractivity contribution in [2.24, 2.45) is 5.73 Å². The van der Waals surface area contributed by atoms with Crippen LogP contribution in [0.1, 0.15) is 68.8 Å². The third kappa shape index (κ3) is 4.21. The Morgan fingerprint density at radius 1 is 1.18 bits per heavy atom. The minimum atomic E-state index is -2.12. The molecule has 1 aliphatic heterocycles. The van der Waals surface area contributed by atoms with Crippen LogP contribution in [0, 0.1) is 0 Å². The number of fused-ring (bicyclic) bond motifs is 3. The molecule has 2 aromatic carbocycles. The highest BCUT2D eigenvalue weighted by Crippen LogP contribution is 2.52. The third-order valence-corrected chi connectivity index (χ3v) is 8.03. The van der Waals surface area contributed by atoms with Gasteiger partial charge in [-0.05, 0) is 13.0 Å². The van der Waals surface area contributed by atoms with Crippen molar-refractivity contribution in [3.05, 3.63) is 51.6 Å². The molecule has 3 aliphatic rings. The van der Waals surface area contributed by atoms with E-state index in [1.54, 1.807) is 6.92 Å². The molecule has 208 valence electrons. The van der Waals surface area contributed by atoms with Crippen LogP contribution in [0.15, 0.2) is 18.2 Å². The van der Waals surface area contributed by atoms with Gasteiger partial charge in [-0.1, -0.05) is 12.1 Å². The first kappa shape index (κ1) is 27.5. The number of phenolic OH excluding ortho intramolecular Hbond substituents is 2. The Balaban J connectivity index is 1.69. The zero-order valence-corrected chi connectivity index (χ0v) is 21.9. The van der Waals surface area contributed by atoms with E-state index >= 15 is 0 Å². The molecule has 12 heteroatoms. The molecule has 0 amide bonds. The van der Waals surface area contributed by atoms with Gasteiger partial charge in [-0.2, -0.15) is 0 Å². The van der Waals surface area contributed by atoms with Gasteiger partial charge in [0, 0.05) is 42.0 Å². The zero-order valence-electron chi connectivity index (χ0n) is 21.1. The van der Waals surface area contributed by atoms with Crippen molar-refractivity contribution in [2.75, 3.05) is 13.0 Å². The van der Waals surface area contributed by atoms with Crippen molar-refractivity contribution >= 4 is 29.0 Å². The van der Waals surface area contributed by atoms with Crippen molar-refractivity contribution in [1.29, 1.82) is 0 Å². The van der Waals surface area contributed by atoms with Gasteiger partial charge in [0.25, 0.3) is 0 Å². The minimum absolute atomic E-state index is 0.0330. The standard InChI is InChI=1S/C27H28ClNO10/c1-10-22(31)13(29)6-17(38-10)39-15-8-27(36,16(30)9-28)7-12-19(15)26(35)21-20(24(12)33)23(32)11-4-3-5-14(37-2)18(11)25(21)34/h3-5,10,13,15,17,22,31,33,35-36H,6-9,29H2,1-2H3/t10?,13?,15-,17-,22+,27-/m0/s1. The number of carbonyl (C=O) groups excluding carboxylic acids is 3. The molecule has 6 N–H and O–H groups in total. The zero-order chi connectivity index (χ0) is 28.4. The smallest absolute Gasteiger partial charge is 0.202 e. The highest BCUT2D eigenvalue weighted by atomic mass is 35.5. The number of hydrogen-bond donors (Lipinski definition) is 5. The molecule has 5 rings (SSSR count). The maximum atomic E-state index is 13.7. The lowest BCUT2D eigenvalue weighted by molar-refractivity contribution is -0.247. The number of phenols is 2. The Kier molecular flexibility index (Phi) is 6.94. The summed E-state index contributed by atoms with van der Waals surface area (Å²) in [4.78, 5) is 39.9. The number of aromatic hydroxyl groups is 2. The van der Waals surface area contributed by atoms with Gasteiger partial charge >= 0.3 is 0 Å². The molecule has 0 saturated carbocycles. The van der Waals surface area contributed by atoms with Crippen LogP contribution < -0.4 is 10.5 Å². The van der Waals surface area contributed by atoms with Crippen LogP contribution in [-0.2, 0) is 20.7 Å². The van der Waals surface area contributed by atoms with Gasteiger partial charge in [0.1, 0.15) is 22.8 Å². The van der Waals surface area contributed by atoms with Gasteiger partial charge in [0.05, 0.1) is 48.0 Å². The summed E-state index contributed by atoms with van der Waals surface area (Å²) in [6.45, 7) is 1.59. The molecule has 0 radical (unpaired) electrons. The van der Waals surface area contributed by atoms with Crippen LogP contribution in [-0.4, -0.2) is 80.9 Å². The number of nitrogens with two attached hydrogens (primary N) is 1. The van der Waals surface area contributed by atoms with E-state index in [0.717, 1.165) is 0 Å². The first-order valence-electron chi connectivity index (χ1n) is 12.4. The molecule has 0 spiro atoms. The molecule has 1 saturated heterocycles. The van der Waals surface area contributed by atoms with Crippen LogP contribution in [0.3, 0.4) is 0 Å². The molecule has 2 unspecified atom stereocenters. The number of benzene rings is 2. The van der Waals surface area contributed by atoms with Crippen LogP contribution in [0.4, 0.5) is 0 Å². The van der Waals surface area contributed by atoms with Gasteiger partial charge in [-0.25, -0.2) is 0 Å². The SMILES string of the molecule is COc1cccc2c1C(=O)c1c(O)c3c(c(O)c1C2=O)C[C@@](O)(C(=O)CCl)C[C@@H]3O[C@H]1CC(N)[C@H](O)C(C)O1. The summed E-state index contributed by atoms with van der Waals surface area (Å²) < 4.78 is 17.1. The third-order valence-electron chi connectivity index (χ3n) is 7.78. The normalized spacial score (nSPS) is 29.8. The highest BCUT2D eigenvalue weighted by molar-refractivity contribution is 6.31. The summed E-state index contributed by atoms with van der Waals surface area (Å²) in [5, 5.41) is 44.3. The Bertz CT molecular complexity index is 1380. The molecule has 2 aromatic rings. The van der Waals surface area contributed by atoms with Gasteiger partial charge in [0.2, 0.25) is 5.78 Å². The average Bonchev–Trinajstić information content (AvgIpc) is 2.90. The summed E-state index contributed by atoms with van der Waals surface area (Å²) in [5.41, 5.74) is 2.69. The second kappa shape index (κ2) is 9.84. The number of aliphatic hydroxyl groups excluding tert-OH is 1. The molecule has 0 aromatic heterocycles. The summed E-state index contributed by atoms with van der Waals surface area (Å²) in [6.07, 6.45) is -4.83. The number of alkyl halides is 1. The molecule has 0 bridgehead atoms. The molecule has 2 aliphatic carbocycles. The topological polar surface area (TPSA) is 186 Å². The van der Waals surface area contributed by atoms with Gasteiger partial charge in [0.15, 0.2) is 17.9 Å². The number of carbonyl (C=O) groups is 3. The van der Waals surface area contributed by atoms with E-state index in [2.05, 4.69) is 0 Å². The van der Waals surface area contributed by atoms with Crippen molar-refractivity contribution < 1.29 is 49.0 Å². The van der Waals surface area contributed by atoms with E-state index in [9.17, 15) is 34.8 Å². The molecule has 1 heterocycles. The minimum Gasteiger partial charge on any atom is -0.507 e. The monoisotopic (exact) mass is 561 g/mol. The van der Waals surface area contributed by atoms with E-state index in [1.807, 2.05) is 0 Å². The lowest BCUT2D eigenvalue weighted by atomic mass is 9.72. The molecular formula is C27H28ClNO10. The second-order valence-electron chi connectivity index (χ2n) is 10.1. The molecule has 1 fully saturated rings. The van der Waals surface area contributed by atoms with Crippen molar-refractivity contribution in [1.82, 2.24) is 0 Å². The lowest BCUT2D eigenvalue weighted by Gasteiger charge is -2.42. The number of rotatable bonds is 5. The fourth-order valence-electron chi connectivity index (χ4n) is 5.73. The first-order chi connectivity index (χ1) is 18.4. The fraction of sp³-hybridized carbons (Fsp3) is 0.444. The average molecular weight is 562 g/mol. The molecule has 39 heavy (non-hydrogen) atoms. The Morgan fingerprint density at radius 2 is 1.87 bits per heavy atom. The summed E-state index contributed by atoms with van der Waals surface area (Å²) in [5.74, 6) is -3.99. The van der Waals surface area contributed by atoms with Gasteiger partial charge < -0.3 is 40.4 Å². The Hall–Kier alpha value is -3.06. The Morgan fingerprint density at radius 3 is 2.51 bits per heavy atom. The van der Waals surface area contributed by atoms with E-state index in [4.69, 9.17) is 31.5 Å². The number of ether oxygens (including phenoxy) is 3. The van der Waals surface area contributed by atoms with E-state index < -0.39 is 94.9 Å². The van der Waals surface area contributed by atoms with Crippen LogP contribution in [0.5, 0.6) is 17.2 Å². The van der Waals surface area contributed by atoms with Crippen LogP contribution in [0.2, 0.25) is 0 Å². The molecule has 11 nitrogen and oxygen atoms in total. The van der Waals surface area contributed by atoms with E-state index in [0.29, 0.717) is 0 Å². The van der Waals surface area contributed by atoms with E-state index in [-0.39, 0.29) is 34.4 Å². The largest absolute Gasteiger partial charge is 0.507 e. The summed E-state index contributed by atoms with van der Waals surface area (Å²) in [6, 6.07) is 3.69. The maximum absolute atomic E-state index is 13.7. The lowest BCUT2D eigenvalue weighted by Crippen LogP contribution is -2.52.